The third-order valence-corrected chi connectivity index (χ3v) is 6.82. The Bertz CT molecular complexity index is 670. The van der Waals surface area contributed by atoms with E-state index in [2.05, 4.69) is 5.32 Å². The van der Waals surface area contributed by atoms with Gasteiger partial charge in [0.25, 0.3) is 0 Å². The largest absolute Gasteiger partial charge is 0.352 e. The summed E-state index contributed by atoms with van der Waals surface area (Å²) in [5.74, 6) is -1.45. The molecule has 1 fully saturated rings. The van der Waals surface area contributed by atoms with Crippen LogP contribution in [0.25, 0.3) is 0 Å². The monoisotopic (exact) mass is 370 g/mol. The van der Waals surface area contributed by atoms with Crippen molar-refractivity contribution in [3.8, 4) is 0 Å². The zero-order chi connectivity index (χ0) is 18.4. The lowest BCUT2D eigenvalue weighted by Gasteiger charge is -2.30. The van der Waals surface area contributed by atoms with E-state index >= 15 is 0 Å². The van der Waals surface area contributed by atoms with Crippen molar-refractivity contribution in [3.63, 3.8) is 0 Å². The molecule has 1 amide bonds. The summed E-state index contributed by atoms with van der Waals surface area (Å²) in [4.78, 5) is 12.5. The van der Waals surface area contributed by atoms with Gasteiger partial charge in [0.15, 0.2) is 9.84 Å². The average molecular weight is 370 g/mol. The molecule has 2 unspecified atom stereocenters. The maximum absolute atomic E-state index is 13.0. The Morgan fingerprint density at radius 1 is 1.24 bits per heavy atom. The fourth-order valence-corrected chi connectivity index (χ4v) is 4.93. The van der Waals surface area contributed by atoms with Gasteiger partial charge in [-0.15, -0.1) is 0 Å². The first-order valence-electron chi connectivity index (χ1n) is 8.82. The molecule has 140 valence electrons. The van der Waals surface area contributed by atoms with Gasteiger partial charge in [0, 0.05) is 18.5 Å². The predicted molar refractivity (Wildman–Crippen MR) is 95.2 cm³/mol. The number of nitrogens with one attached hydrogen (secondary N) is 1. The van der Waals surface area contributed by atoms with Gasteiger partial charge in [-0.2, -0.15) is 0 Å². The molecule has 0 bridgehead atoms. The number of rotatable bonds is 7. The Balaban J connectivity index is 1.97. The van der Waals surface area contributed by atoms with Gasteiger partial charge in [0.1, 0.15) is 5.82 Å². The second kappa shape index (κ2) is 8.76. The van der Waals surface area contributed by atoms with Gasteiger partial charge in [0.2, 0.25) is 5.91 Å². The molecule has 25 heavy (non-hydrogen) atoms. The number of nitrogens with two attached hydrogens (primary N) is 1. The first-order valence-corrected chi connectivity index (χ1v) is 10.5. The van der Waals surface area contributed by atoms with Crippen LogP contribution < -0.4 is 11.1 Å². The lowest BCUT2D eigenvalue weighted by atomic mass is 9.83. The predicted octanol–water partition coefficient (Wildman–Crippen LogP) is 2.26. The van der Waals surface area contributed by atoms with E-state index in [0.29, 0.717) is 12.5 Å². The van der Waals surface area contributed by atoms with E-state index in [1.165, 1.54) is 18.6 Å². The van der Waals surface area contributed by atoms with Crippen molar-refractivity contribution in [2.45, 2.75) is 50.0 Å². The Morgan fingerprint density at radius 3 is 2.40 bits per heavy atom. The zero-order valence-electron chi connectivity index (χ0n) is 14.6. The molecule has 1 saturated carbocycles. The van der Waals surface area contributed by atoms with Crippen LogP contribution in [0.3, 0.4) is 0 Å². The molecule has 7 heteroatoms. The van der Waals surface area contributed by atoms with E-state index in [-0.39, 0.29) is 22.6 Å². The fourth-order valence-electron chi connectivity index (χ4n) is 3.37. The number of hydrogen-bond acceptors (Lipinski definition) is 4. The average Bonchev–Trinajstić information content (AvgIpc) is 2.60. The van der Waals surface area contributed by atoms with E-state index in [4.69, 9.17) is 5.73 Å². The molecule has 1 aliphatic carbocycles. The normalized spacial score (nSPS) is 18.5. The van der Waals surface area contributed by atoms with Crippen molar-refractivity contribution in [1.82, 2.24) is 5.32 Å². The summed E-state index contributed by atoms with van der Waals surface area (Å²) in [6.45, 7) is 1.94. The molecule has 2 rings (SSSR count). The summed E-state index contributed by atoms with van der Waals surface area (Å²) in [5.41, 5.74) is 5.82. The van der Waals surface area contributed by atoms with Gasteiger partial charge in [-0.05, 0) is 43.0 Å². The van der Waals surface area contributed by atoms with Crippen molar-refractivity contribution in [2.75, 3.05) is 12.3 Å². The Morgan fingerprint density at radius 2 is 1.84 bits per heavy atom. The summed E-state index contributed by atoms with van der Waals surface area (Å²) in [7, 11) is -3.65. The van der Waals surface area contributed by atoms with E-state index < -0.39 is 21.6 Å². The van der Waals surface area contributed by atoms with Gasteiger partial charge in [-0.25, -0.2) is 12.8 Å². The summed E-state index contributed by atoms with van der Waals surface area (Å²) in [6, 6.07) is 4.54. The van der Waals surface area contributed by atoms with Crippen LogP contribution in [-0.4, -0.2) is 32.7 Å². The molecule has 0 saturated heterocycles. The van der Waals surface area contributed by atoms with E-state index in [9.17, 15) is 17.6 Å². The molecule has 0 aliphatic heterocycles. The van der Waals surface area contributed by atoms with Crippen LogP contribution in [0.2, 0.25) is 0 Å². The first kappa shape index (κ1) is 19.8. The minimum atomic E-state index is -3.65. The van der Waals surface area contributed by atoms with Crippen molar-refractivity contribution < 1.29 is 17.6 Å². The Hall–Kier alpha value is -1.47. The lowest BCUT2D eigenvalue weighted by molar-refractivity contribution is -0.125. The number of halogens is 1. The van der Waals surface area contributed by atoms with Crippen molar-refractivity contribution >= 4 is 15.7 Å². The van der Waals surface area contributed by atoms with Gasteiger partial charge in [0.05, 0.1) is 10.6 Å². The fraction of sp³-hybridized carbons (Fsp3) is 0.611. The van der Waals surface area contributed by atoms with E-state index in [1.807, 2.05) is 0 Å². The van der Waals surface area contributed by atoms with Gasteiger partial charge in [-0.1, -0.05) is 26.2 Å². The van der Waals surface area contributed by atoms with Crippen LogP contribution >= 0.6 is 0 Å². The van der Waals surface area contributed by atoms with E-state index in [1.54, 1.807) is 6.92 Å². The van der Waals surface area contributed by atoms with Gasteiger partial charge < -0.3 is 11.1 Å². The number of sulfone groups is 1. The Kier molecular flexibility index (Phi) is 6.95. The van der Waals surface area contributed by atoms with Crippen LogP contribution in [-0.2, 0) is 14.6 Å². The summed E-state index contributed by atoms with van der Waals surface area (Å²) < 4.78 is 37.7. The van der Waals surface area contributed by atoms with Crippen molar-refractivity contribution in [3.05, 3.63) is 30.1 Å². The number of carbonyl (C=O) groups is 1. The standard InChI is InChI=1S/C18H27FN2O3S/c1-13(12-25(23,24)16-9-7-15(19)8-10-16)18(22)21-17(11-20)14-5-3-2-4-6-14/h7-10,13-14,17H,2-6,11-12,20H2,1H3,(H,21,22). The van der Waals surface area contributed by atoms with Gasteiger partial charge in [-0.3, -0.25) is 4.79 Å². The third-order valence-electron chi connectivity index (χ3n) is 4.89. The Labute approximate surface area is 149 Å². The maximum Gasteiger partial charge on any atom is 0.224 e. The number of benzene rings is 1. The highest BCUT2D eigenvalue weighted by Crippen LogP contribution is 2.26. The number of hydrogen-bond donors (Lipinski definition) is 2. The first-order chi connectivity index (χ1) is 11.8. The van der Waals surface area contributed by atoms with E-state index in [0.717, 1.165) is 37.8 Å². The topological polar surface area (TPSA) is 89.3 Å². The quantitative estimate of drug-likeness (QED) is 0.721. The second-order valence-corrected chi connectivity index (χ2v) is 8.92. The zero-order valence-corrected chi connectivity index (χ0v) is 15.4. The molecular weight excluding hydrogens is 343 g/mol. The highest BCUT2D eigenvalue weighted by Gasteiger charge is 2.28. The molecule has 1 aromatic rings. The molecule has 0 aromatic heterocycles. The van der Waals surface area contributed by atoms with Crippen LogP contribution in [0.15, 0.2) is 29.2 Å². The molecule has 0 radical (unpaired) electrons. The molecule has 1 aliphatic rings. The van der Waals surface area contributed by atoms with Crippen LogP contribution in [0, 0.1) is 17.7 Å². The molecule has 0 spiro atoms. The van der Waals surface area contributed by atoms with Crippen LogP contribution in [0.1, 0.15) is 39.0 Å². The summed E-state index contributed by atoms with van der Waals surface area (Å²) >= 11 is 0. The smallest absolute Gasteiger partial charge is 0.224 e. The molecule has 0 heterocycles. The maximum atomic E-state index is 13.0. The molecule has 3 N–H and O–H groups in total. The van der Waals surface area contributed by atoms with Crippen molar-refractivity contribution in [1.29, 1.82) is 0 Å². The second-order valence-electron chi connectivity index (χ2n) is 6.89. The molecule has 2 atom stereocenters. The highest BCUT2D eigenvalue weighted by atomic mass is 32.2. The molecule has 1 aromatic carbocycles. The number of carbonyl (C=O) groups excluding carboxylic acids is 1. The lowest BCUT2D eigenvalue weighted by Crippen LogP contribution is -2.48. The molecular formula is C18H27FN2O3S. The highest BCUT2D eigenvalue weighted by molar-refractivity contribution is 7.91. The minimum Gasteiger partial charge on any atom is -0.352 e. The van der Waals surface area contributed by atoms with Crippen LogP contribution in [0.5, 0.6) is 0 Å². The van der Waals surface area contributed by atoms with Crippen molar-refractivity contribution in [2.24, 2.45) is 17.6 Å². The summed E-state index contributed by atoms with van der Waals surface area (Å²) in [6.07, 6.45) is 5.60. The third kappa shape index (κ3) is 5.51. The SMILES string of the molecule is CC(CS(=O)(=O)c1ccc(F)cc1)C(=O)NC(CN)C1CCCCC1. The number of amides is 1. The molecule has 5 nitrogen and oxygen atoms in total. The van der Waals surface area contributed by atoms with Crippen LogP contribution in [0.4, 0.5) is 4.39 Å². The minimum absolute atomic E-state index is 0.0243. The van der Waals surface area contributed by atoms with Gasteiger partial charge >= 0.3 is 0 Å². The summed E-state index contributed by atoms with van der Waals surface area (Å²) in [5, 5.41) is 2.93.